The molecule has 100 valence electrons. The molecule has 2 aromatic carbocycles. The Kier molecular flexibility index (Phi) is 3.42. The molecule has 1 heterocycles. The predicted molar refractivity (Wildman–Crippen MR) is 85.4 cm³/mol. The normalized spacial score (nSPS) is 17.5. The summed E-state index contributed by atoms with van der Waals surface area (Å²) >= 11 is 0. The third kappa shape index (κ3) is 2.67. The zero-order chi connectivity index (χ0) is 13.9. The van der Waals surface area contributed by atoms with E-state index in [1.54, 1.807) is 0 Å². The first kappa shape index (κ1) is 12.7. The summed E-state index contributed by atoms with van der Waals surface area (Å²) in [6.07, 6.45) is 6.55. The maximum Gasteiger partial charge on any atom is 0.0696 e. The van der Waals surface area contributed by atoms with E-state index >= 15 is 0 Å². The van der Waals surface area contributed by atoms with E-state index in [1.165, 1.54) is 27.8 Å². The van der Waals surface area contributed by atoms with Crippen molar-refractivity contribution in [2.45, 2.75) is 19.9 Å². The van der Waals surface area contributed by atoms with Gasteiger partial charge in [-0.2, -0.15) is 0 Å². The molecule has 3 rings (SSSR count). The first-order valence-corrected chi connectivity index (χ1v) is 7.00. The molecule has 1 nitrogen and oxygen atoms in total. The minimum atomic E-state index is 0.269. The first-order valence-electron chi connectivity index (χ1n) is 7.00. The van der Waals surface area contributed by atoms with E-state index in [4.69, 9.17) is 0 Å². The highest BCUT2D eigenvalue weighted by molar-refractivity contribution is 5.75. The molecule has 0 bridgehead atoms. The third-order valence-electron chi connectivity index (χ3n) is 3.60. The maximum absolute atomic E-state index is 3.47. The second kappa shape index (κ2) is 5.38. The summed E-state index contributed by atoms with van der Waals surface area (Å²) < 4.78 is 0. The van der Waals surface area contributed by atoms with Gasteiger partial charge in [0.1, 0.15) is 0 Å². The fraction of sp³-hybridized carbons (Fsp3) is 0.158. The molecule has 0 spiro atoms. The average Bonchev–Trinajstić information content (AvgIpc) is 2.47. The molecule has 2 aromatic rings. The molecule has 0 radical (unpaired) electrons. The first-order chi connectivity index (χ1) is 9.72. The fourth-order valence-corrected chi connectivity index (χ4v) is 2.67. The summed E-state index contributed by atoms with van der Waals surface area (Å²) in [7, 11) is 0. The SMILES string of the molecule is Cc1cc(C)cc(C2=CNC(c3ccccc3)C=C2)c1. The van der Waals surface area contributed by atoms with Crippen LogP contribution in [0.3, 0.4) is 0 Å². The summed E-state index contributed by atoms with van der Waals surface area (Å²) in [5, 5.41) is 3.47. The molecule has 0 fully saturated rings. The van der Waals surface area contributed by atoms with Crippen molar-refractivity contribution in [3.05, 3.63) is 89.1 Å². The molecule has 1 N–H and O–H groups in total. The van der Waals surface area contributed by atoms with Crippen LogP contribution in [0.15, 0.2) is 66.9 Å². The molecule has 1 heteroatoms. The number of aryl methyl sites for hydroxylation is 2. The van der Waals surface area contributed by atoms with Crippen molar-refractivity contribution in [3.63, 3.8) is 0 Å². The van der Waals surface area contributed by atoms with Crippen LogP contribution in [0.5, 0.6) is 0 Å². The standard InChI is InChI=1S/C19H19N/c1-14-10-15(2)12-18(11-14)17-8-9-19(20-13-17)16-6-4-3-5-7-16/h3-13,19-20H,1-2H3. The highest BCUT2D eigenvalue weighted by Gasteiger charge is 2.10. The molecule has 0 amide bonds. The quantitative estimate of drug-likeness (QED) is 0.836. The van der Waals surface area contributed by atoms with Crippen LogP contribution in [-0.4, -0.2) is 0 Å². The van der Waals surface area contributed by atoms with Crippen molar-refractivity contribution in [1.29, 1.82) is 0 Å². The molecule has 0 saturated carbocycles. The lowest BCUT2D eigenvalue weighted by molar-refractivity contribution is 0.749. The van der Waals surface area contributed by atoms with Crippen LogP contribution in [0, 0.1) is 13.8 Å². The number of benzene rings is 2. The van der Waals surface area contributed by atoms with Crippen LogP contribution < -0.4 is 5.32 Å². The molecule has 0 saturated heterocycles. The third-order valence-corrected chi connectivity index (χ3v) is 3.60. The average molecular weight is 261 g/mol. The van der Waals surface area contributed by atoms with Crippen molar-refractivity contribution >= 4 is 5.57 Å². The Hall–Kier alpha value is -2.28. The number of allylic oxidation sites excluding steroid dienone is 2. The minimum absolute atomic E-state index is 0.269. The topological polar surface area (TPSA) is 12.0 Å². The zero-order valence-electron chi connectivity index (χ0n) is 11.9. The Morgan fingerprint density at radius 1 is 0.900 bits per heavy atom. The second-order valence-corrected chi connectivity index (χ2v) is 5.39. The van der Waals surface area contributed by atoms with Gasteiger partial charge in [-0.1, -0.05) is 71.8 Å². The Labute approximate surface area is 120 Å². The van der Waals surface area contributed by atoms with Gasteiger partial charge < -0.3 is 5.32 Å². The zero-order valence-corrected chi connectivity index (χ0v) is 11.9. The van der Waals surface area contributed by atoms with Gasteiger partial charge in [-0.05, 0) is 30.5 Å². The van der Waals surface area contributed by atoms with E-state index in [1.807, 2.05) is 6.07 Å². The Bertz CT molecular complexity index is 645. The molecular formula is C19H19N. The van der Waals surface area contributed by atoms with Gasteiger partial charge in [0.2, 0.25) is 0 Å². The molecule has 1 aliphatic rings. The van der Waals surface area contributed by atoms with E-state index in [2.05, 4.69) is 80.0 Å². The van der Waals surface area contributed by atoms with E-state index in [9.17, 15) is 0 Å². The van der Waals surface area contributed by atoms with E-state index in [0.29, 0.717) is 0 Å². The summed E-state index contributed by atoms with van der Waals surface area (Å²) in [5.74, 6) is 0. The number of hydrogen-bond donors (Lipinski definition) is 1. The van der Waals surface area contributed by atoms with Gasteiger partial charge in [0.25, 0.3) is 0 Å². The molecule has 1 unspecified atom stereocenters. The molecular weight excluding hydrogens is 242 g/mol. The van der Waals surface area contributed by atoms with Crippen molar-refractivity contribution in [3.8, 4) is 0 Å². The Morgan fingerprint density at radius 2 is 1.60 bits per heavy atom. The number of nitrogens with one attached hydrogen (secondary N) is 1. The number of rotatable bonds is 2. The number of dihydropyridines is 1. The van der Waals surface area contributed by atoms with Gasteiger partial charge in [0.15, 0.2) is 0 Å². The van der Waals surface area contributed by atoms with Gasteiger partial charge in [-0.25, -0.2) is 0 Å². The molecule has 20 heavy (non-hydrogen) atoms. The monoisotopic (exact) mass is 261 g/mol. The van der Waals surface area contributed by atoms with Gasteiger partial charge in [-0.3, -0.25) is 0 Å². The maximum atomic E-state index is 3.47. The largest absolute Gasteiger partial charge is 0.380 e. The van der Waals surface area contributed by atoms with Crippen molar-refractivity contribution in [2.24, 2.45) is 0 Å². The van der Waals surface area contributed by atoms with Crippen LogP contribution in [0.1, 0.15) is 28.3 Å². The molecule has 0 aromatic heterocycles. The van der Waals surface area contributed by atoms with Crippen LogP contribution in [0.2, 0.25) is 0 Å². The van der Waals surface area contributed by atoms with Crippen molar-refractivity contribution < 1.29 is 0 Å². The van der Waals surface area contributed by atoms with Crippen LogP contribution in [0.25, 0.3) is 5.57 Å². The van der Waals surface area contributed by atoms with E-state index in [0.717, 1.165) is 0 Å². The summed E-state index contributed by atoms with van der Waals surface area (Å²) in [6, 6.07) is 17.4. The summed E-state index contributed by atoms with van der Waals surface area (Å²) in [5.41, 5.74) is 6.42. The van der Waals surface area contributed by atoms with Crippen LogP contribution in [-0.2, 0) is 0 Å². The van der Waals surface area contributed by atoms with Gasteiger partial charge >= 0.3 is 0 Å². The van der Waals surface area contributed by atoms with Crippen molar-refractivity contribution in [1.82, 2.24) is 5.32 Å². The highest BCUT2D eigenvalue weighted by Crippen LogP contribution is 2.25. The molecule has 1 atom stereocenters. The predicted octanol–water partition coefficient (Wildman–Crippen LogP) is 4.55. The summed E-state index contributed by atoms with van der Waals surface area (Å²) in [6.45, 7) is 4.29. The van der Waals surface area contributed by atoms with Crippen molar-refractivity contribution in [2.75, 3.05) is 0 Å². The van der Waals surface area contributed by atoms with Gasteiger partial charge in [0, 0.05) is 6.20 Å². The fourth-order valence-electron chi connectivity index (χ4n) is 2.67. The highest BCUT2D eigenvalue weighted by atomic mass is 14.9. The molecule has 1 aliphatic heterocycles. The van der Waals surface area contributed by atoms with E-state index in [-0.39, 0.29) is 6.04 Å². The van der Waals surface area contributed by atoms with Gasteiger partial charge in [-0.15, -0.1) is 0 Å². The lowest BCUT2D eigenvalue weighted by Crippen LogP contribution is -2.16. The lowest BCUT2D eigenvalue weighted by Gasteiger charge is -2.19. The van der Waals surface area contributed by atoms with Crippen LogP contribution in [0.4, 0.5) is 0 Å². The smallest absolute Gasteiger partial charge is 0.0696 e. The lowest BCUT2D eigenvalue weighted by atomic mass is 9.97. The Morgan fingerprint density at radius 3 is 2.20 bits per heavy atom. The van der Waals surface area contributed by atoms with Gasteiger partial charge in [0.05, 0.1) is 6.04 Å². The number of hydrogen-bond acceptors (Lipinski definition) is 1. The summed E-state index contributed by atoms with van der Waals surface area (Å²) in [4.78, 5) is 0. The van der Waals surface area contributed by atoms with E-state index < -0.39 is 0 Å². The minimum Gasteiger partial charge on any atom is -0.380 e. The second-order valence-electron chi connectivity index (χ2n) is 5.39. The molecule has 0 aliphatic carbocycles. The Balaban J connectivity index is 1.83. The van der Waals surface area contributed by atoms with Crippen LogP contribution >= 0.6 is 0 Å².